The van der Waals surface area contributed by atoms with Gasteiger partial charge in [-0.05, 0) is 85.6 Å². The number of nitriles is 1. The molecule has 0 spiro atoms. The first-order chi connectivity index (χ1) is 24.8. The fourth-order valence-electron chi connectivity index (χ4n) is 6.72. The van der Waals surface area contributed by atoms with Crippen molar-refractivity contribution in [3.63, 3.8) is 0 Å². The Hall–Kier alpha value is -5.57. The number of hydrogen-bond donors (Lipinski definition) is 1. The van der Waals surface area contributed by atoms with E-state index in [-0.39, 0.29) is 31.2 Å². The van der Waals surface area contributed by atoms with Crippen molar-refractivity contribution in [3.05, 3.63) is 123 Å². The third-order valence-electron chi connectivity index (χ3n) is 9.51. The fourth-order valence-corrected chi connectivity index (χ4v) is 6.72. The molecule has 51 heavy (non-hydrogen) atoms. The van der Waals surface area contributed by atoms with Crippen LogP contribution in [0.3, 0.4) is 0 Å². The van der Waals surface area contributed by atoms with Gasteiger partial charge in [-0.15, -0.1) is 0 Å². The molecule has 2 aliphatic rings. The predicted molar refractivity (Wildman–Crippen MR) is 190 cm³/mol. The molecule has 0 saturated carbocycles. The normalized spacial score (nSPS) is 17.3. The zero-order chi connectivity index (χ0) is 35.7. The zero-order valence-electron chi connectivity index (χ0n) is 28.5. The van der Waals surface area contributed by atoms with Crippen molar-refractivity contribution >= 4 is 17.6 Å². The topological polar surface area (TPSA) is 144 Å². The van der Waals surface area contributed by atoms with Gasteiger partial charge in [0.15, 0.2) is 0 Å². The largest absolute Gasteiger partial charge is 0.488 e. The fraction of sp³-hybridized carbons (Fsp3) is 0.325. The standard InChI is InChI=1S/C40H40N4O7/c1-27-31(14-8-15-33(27)30-12-3-2-4-13-30)26-50-38-22-37(49-25-29-11-7-10-28(20-29)23-41)32(21-36(38)44(47)48)24-43-19-6-5-17-35(43)40(46)51-39(45)34-16-9-18-42-34/h2-4,7-8,10-15,20-22,34-35,42H,5-6,9,16-19,24-26H2,1H3/t34-,35?/m0/s1. The molecule has 2 atom stereocenters. The zero-order valence-corrected chi connectivity index (χ0v) is 28.5. The summed E-state index contributed by atoms with van der Waals surface area (Å²) < 4.78 is 17.8. The first kappa shape index (κ1) is 35.3. The van der Waals surface area contributed by atoms with Gasteiger partial charge in [-0.1, -0.05) is 67.1 Å². The summed E-state index contributed by atoms with van der Waals surface area (Å²) in [6.45, 7) is 3.54. The van der Waals surface area contributed by atoms with Crippen LogP contribution in [0.1, 0.15) is 59.9 Å². The number of ether oxygens (including phenoxy) is 3. The van der Waals surface area contributed by atoms with Gasteiger partial charge < -0.3 is 19.5 Å². The van der Waals surface area contributed by atoms with Crippen LogP contribution >= 0.6 is 0 Å². The number of esters is 2. The number of carbonyl (C=O) groups excluding carboxylic acids is 2. The van der Waals surface area contributed by atoms with Crippen LogP contribution in [0.25, 0.3) is 11.1 Å². The molecule has 0 aliphatic carbocycles. The molecular formula is C40H40N4O7. The van der Waals surface area contributed by atoms with Gasteiger partial charge in [0.1, 0.15) is 31.0 Å². The Morgan fingerprint density at radius 2 is 1.71 bits per heavy atom. The van der Waals surface area contributed by atoms with E-state index < -0.39 is 28.9 Å². The first-order valence-electron chi connectivity index (χ1n) is 17.2. The highest BCUT2D eigenvalue weighted by atomic mass is 16.6. The molecule has 4 aromatic carbocycles. The number of carbonyl (C=O) groups is 2. The number of hydrogen-bond acceptors (Lipinski definition) is 10. The molecule has 0 aromatic heterocycles. The summed E-state index contributed by atoms with van der Waals surface area (Å²) in [6, 6.07) is 26.8. The Morgan fingerprint density at radius 3 is 2.47 bits per heavy atom. The lowest BCUT2D eigenvalue weighted by atomic mass is 9.97. The van der Waals surface area contributed by atoms with E-state index in [1.165, 1.54) is 12.1 Å². The van der Waals surface area contributed by atoms with Gasteiger partial charge in [-0.3, -0.25) is 15.0 Å². The highest BCUT2D eigenvalue weighted by Gasteiger charge is 2.35. The van der Waals surface area contributed by atoms with Gasteiger partial charge in [0.2, 0.25) is 5.75 Å². The lowest BCUT2D eigenvalue weighted by Crippen LogP contribution is -2.47. The number of nitrogens with zero attached hydrogens (tertiary/aromatic N) is 3. The molecule has 2 saturated heterocycles. The monoisotopic (exact) mass is 688 g/mol. The van der Waals surface area contributed by atoms with Crippen LogP contribution in [-0.2, 0) is 34.1 Å². The van der Waals surface area contributed by atoms with E-state index in [1.54, 1.807) is 18.2 Å². The van der Waals surface area contributed by atoms with Crippen molar-refractivity contribution in [2.75, 3.05) is 13.1 Å². The highest BCUT2D eigenvalue weighted by molar-refractivity contribution is 5.91. The van der Waals surface area contributed by atoms with Crippen LogP contribution in [0, 0.1) is 28.4 Å². The van der Waals surface area contributed by atoms with E-state index in [0.29, 0.717) is 42.8 Å². The van der Waals surface area contributed by atoms with Gasteiger partial charge >= 0.3 is 17.6 Å². The lowest BCUT2D eigenvalue weighted by Gasteiger charge is -2.34. The summed E-state index contributed by atoms with van der Waals surface area (Å²) >= 11 is 0. The van der Waals surface area contributed by atoms with Gasteiger partial charge in [0.25, 0.3) is 0 Å². The minimum atomic E-state index is -0.695. The average molecular weight is 689 g/mol. The molecule has 2 aliphatic heterocycles. The van der Waals surface area contributed by atoms with Crippen LogP contribution in [0.15, 0.2) is 84.9 Å². The highest BCUT2D eigenvalue weighted by Crippen LogP contribution is 2.38. The second kappa shape index (κ2) is 16.4. The van der Waals surface area contributed by atoms with Crippen LogP contribution < -0.4 is 14.8 Å². The third-order valence-corrected chi connectivity index (χ3v) is 9.51. The molecule has 11 nitrogen and oxygen atoms in total. The molecule has 0 radical (unpaired) electrons. The van der Waals surface area contributed by atoms with Gasteiger partial charge in [-0.2, -0.15) is 5.26 Å². The van der Waals surface area contributed by atoms with Crippen molar-refractivity contribution < 1.29 is 28.7 Å². The second-order valence-electron chi connectivity index (χ2n) is 12.9. The van der Waals surface area contributed by atoms with E-state index in [1.807, 2.05) is 66.4 Å². The first-order valence-corrected chi connectivity index (χ1v) is 17.2. The number of nitro benzene ring substituents is 1. The Balaban J connectivity index is 1.29. The van der Waals surface area contributed by atoms with Crippen molar-refractivity contribution in [1.29, 1.82) is 5.26 Å². The van der Waals surface area contributed by atoms with Gasteiger partial charge in [0, 0.05) is 24.2 Å². The van der Waals surface area contributed by atoms with E-state index in [9.17, 15) is 25.0 Å². The van der Waals surface area contributed by atoms with E-state index in [4.69, 9.17) is 14.2 Å². The molecule has 1 unspecified atom stereocenters. The minimum absolute atomic E-state index is 0.0401. The minimum Gasteiger partial charge on any atom is -0.488 e. The Bertz CT molecular complexity index is 1940. The van der Waals surface area contributed by atoms with Crippen molar-refractivity contribution in [2.24, 2.45) is 0 Å². The number of piperidine rings is 1. The number of benzene rings is 4. The van der Waals surface area contributed by atoms with Gasteiger partial charge in [0.05, 0.1) is 16.6 Å². The van der Waals surface area contributed by atoms with Crippen LogP contribution in [-0.4, -0.2) is 46.9 Å². The third kappa shape index (κ3) is 8.60. The average Bonchev–Trinajstić information content (AvgIpc) is 3.70. The number of nitro groups is 1. The van der Waals surface area contributed by atoms with Crippen molar-refractivity contribution in [1.82, 2.24) is 10.2 Å². The smallest absolute Gasteiger partial charge is 0.331 e. The maximum Gasteiger partial charge on any atom is 0.331 e. The maximum absolute atomic E-state index is 13.3. The molecule has 0 amide bonds. The number of likely N-dealkylation sites (tertiary alicyclic amines) is 1. The van der Waals surface area contributed by atoms with Crippen LogP contribution in [0.4, 0.5) is 5.69 Å². The van der Waals surface area contributed by atoms with Crippen LogP contribution in [0.5, 0.6) is 11.5 Å². The molecule has 4 aromatic rings. The Labute approximate surface area is 296 Å². The molecule has 6 rings (SSSR count). The van der Waals surface area contributed by atoms with E-state index in [2.05, 4.69) is 11.4 Å². The van der Waals surface area contributed by atoms with Crippen molar-refractivity contribution in [2.45, 2.75) is 70.9 Å². The molecule has 2 heterocycles. The van der Waals surface area contributed by atoms with Gasteiger partial charge in [-0.25, -0.2) is 9.59 Å². The SMILES string of the molecule is Cc1c(COc2cc(OCc3cccc(C#N)c3)c(CN3CCCCC3C(=O)OC(=O)[C@@H]3CCCN3)cc2[N+](=O)[O-])cccc1-c1ccccc1. The molecule has 11 heteroatoms. The predicted octanol–water partition coefficient (Wildman–Crippen LogP) is 6.78. The summed E-state index contributed by atoms with van der Waals surface area (Å²) in [5.41, 5.74) is 5.45. The summed E-state index contributed by atoms with van der Waals surface area (Å²) in [7, 11) is 0. The molecule has 1 N–H and O–H groups in total. The second-order valence-corrected chi connectivity index (χ2v) is 12.9. The molecular weight excluding hydrogens is 648 g/mol. The Kier molecular flexibility index (Phi) is 11.4. The number of rotatable bonds is 12. The molecule has 2 fully saturated rings. The quantitative estimate of drug-likeness (QED) is 0.0732. The van der Waals surface area contributed by atoms with E-state index >= 15 is 0 Å². The summed E-state index contributed by atoms with van der Waals surface area (Å²) in [5, 5.41) is 24.9. The van der Waals surface area contributed by atoms with Crippen molar-refractivity contribution in [3.8, 4) is 28.7 Å². The lowest BCUT2D eigenvalue weighted by molar-refractivity contribution is -0.386. The Morgan fingerprint density at radius 1 is 0.902 bits per heavy atom. The summed E-state index contributed by atoms with van der Waals surface area (Å²) in [6.07, 6.45) is 3.54. The summed E-state index contributed by atoms with van der Waals surface area (Å²) in [5.74, 6) is -0.810. The van der Waals surface area contributed by atoms with E-state index in [0.717, 1.165) is 47.1 Å². The number of nitrogens with one attached hydrogen (secondary N) is 1. The van der Waals surface area contributed by atoms with Crippen LogP contribution in [0.2, 0.25) is 0 Å². The maximum atomic E-state index is 13.3. The summed E-state index contributed by atoms with van der Waals surface area (Å²) in [4.78, 5) is 39.9. The molecule has 0 bridgehead atoms. The molecule has 262 valence electrons.